The lowest BCUT2D eigenvalue weighted by molar-refractivity contribution is -0.139. The van der Waals surface area contributed by atoms with Gasteiger partial charge in [-0.25, -0.2) is 0 Å². The number of carbonyl (C=O) groups is 4. The maximum atomic E-state index is 12.4. The van der Waals surface area contributed by atoms with Crippen molar-refractivity contribution in [2.24, 2.45) is 11.7 Å². The minimum atomic E-state index is -1.41. The van der Waals surface area contributed by atoms with E-state index in [4.69, 9.17) is 15.9 Å². The van der Waals surface area contributed by atoms with Gasteiger partial charge in [0.2, 0.25) is 17.7 Å². The molecule has 144 valence electrons. The SMILES string of the molecule is CC(C)C(NC(=O)C(N)CO)C(=O)NC(C(=O)NCC(=O)O)C(C)O. The number of carboxylic acids is 1. The molecule has 25 heavy (non-hydrogen) atoms. The Hall–Kier alpha value is -2.24. The number of amides is 3. The second-order valence-electron chi connectivity index (χ2n) is 5.86. The largest absolute Gasteiger partial charge is 0.480 e. The van der Waals surface area contributed by atoms with E-state index in [2.05, 4.69) is 16.0 Å². The van der Waals surface area contributed by atoms with Gasteiger partial charge >= 0.3 is 5.97 Å². The first-order valence-corrected chi connectivity index (χ1v) is 7.66. The fourth-order valence-corrected chi connectivity index (χ4v) is 1.80. The Morgan fingerprint density at radius 3 is 1.88 bits per heavy atom. The lowest BCUT2D eigenvalue weighted by atomic mass is 10.0. The van der Waals surface area contributed by atoms with E-state index in [0.717, 1.165) is 0 Å². The molecule has 4 unspecified atom stereocenters. The standard InChI is InChI=1S/C14H26N4O7/c1-6(2)10(17-12(23)8(15)5-19)14(25)18-11(7(3)20)13(24)16-4-9(21)22/h6-8,10-11,19-20H,4-5,15H2,1-3H3,(H,16,24)(H,17,23)(H,18,25)(H,21,22). The van der Waals surface area contributed by atoms with Gasteiger partial charge in [0.1, 0.15) is 24.7 Å². The van der Waals surface area contributed by atoms with Crippen LogP contribution in [0.3, 0.4) is 0 Å². The fraction of sp³-hybridized carbons (Fsp3) is 0.714. The van der Waals surface area contributed by atoms with E-state index < -0.39 is 61.1 Å². The van der Waals surface area contributed by atoms with Crippen molar-refractivity contribution in [3.8, 4) is 0 Å². The van der Waals surface area contributed by atoms with Gasteiger partial charge < -0.3 is 37.0 Å². The molecule has 0 aromatic carbocycles. The highest BCUT2D eigenvalue weighted by Gasteiger charge is 2.32. The number of hydrogen-bond donors (Lipinski definition) is 7. The number of hydrogen-bond acceptors (Lipinski definition) is 7. The number of rotatable bonds is 10. The second-order valence-corrected chi connectivity index (χ2v) is 5.86. The van der Waals surface area contributed by atoms with Crippen molar-refractivity contribution in [3.05, 3.63) is 0 Å². The van der Waals surface area contributed by atoms with Gasteiger partial charge in [-0.05, 0) is 12.8 Å². The lowest BCUT2D eigenvalue weighted by Gasteiger charge is -2.27. The molecule has 0 rings (SSSR count). The van der Waals surface area contributed by atoms with Crippen molar-refractivity contribution in [1.29, 1.82) is 0 Å². The van der Waals surface area contributed by atoms with E-state index in [1.165, 1.54) is 6.92 Å². The summed E-state index contributed by atoms with van der Waals surface area (Å²) in [4.78, 5) is 46.5. The molecule has 0 heterocycles. The molecule has 0 spiro atoms. The van der Waals surface area contributed by atoms with Crippen LogP contribution in [-0.4, -0.2) is 76.4 Å². The zero-order valence-electron chi connectivity index (χ0n) is 14.4. The maximum Gasteiger partial charge on any atom is 0.322 e. The molecule has 11 heteroatoms. The normalized spacial score (nSPS) is 15.6. The Kier molecular flexibility index (Phi) is 9.64. The molecular weight excluding hydrogens is 336 g/mol. The van der Waals surface area contributed by atoms with E-state index in [9.17, 15) is 24.3 Å². The van der Waals surface area contributed by atoms with E-state index in [-0.39, 0.29) is 5.92 Å². The second kappa shape index (κ2) is 10.6. The van der Waals surface area contributed by atoms with Crippen LogP contribution in [0, 0.1) is 5.92 Å². The summed E-state index contributed by atoms with van der Waals surface area (Å²) in [6, 6.07) is -3.68. The average molecular weight is 362 g/mol. The lowest BCUT2D eigenvalue weighted by Crippen LogP contribution is -2.60. The number of aliphatic carboxylic acids is 1. The van der Waals surface area contributed by atoms with Crippen LogP contribution in [0.25, 0.3) is 0 Å². The van der Waals surface area contributed by atoms with Gasteiger partial charge in [-0.1, -0.05) is 13.8 Å². The van der Waals surface area contributed by atoms with Crippen molar-refractivity contribution in [3.63, 3.8) is 0 Å². The predicted molar refractivity (Wildman–Crippen MR) is 86.1 cm³/mol. The van der Waals surface area contributed by atoms with Gasteiger partial charge in [0.25, 0.3) is 0 Å². The van der Waals surface area contributed by atoms with Crippen LogP contribution in [-0.2, 0) is 19.2 Å². The molecule has 0 saturated carbocycles. The Morgan fingerprint density at radius 2 is 1.48 bits per heavy atom. The summed E-state index contributed by atoms with van der Waals surface area (Å²) in [5, 5.41) is 33.8. The minimum Gasteiger partial charge on any atom is -0.480 e. The summed E-state index contributed by atoms with van der Waals surface area (Å²) in [6.45, 7) is 3.24. The highest BCUT2D eigenvalue weighted by atomic mass is 16.4. The molecule has 4 atom stereocenters. The number of aliphatic hydroxyl groups excluding tert-OH is 2. The first kappa shape index (κ1) is 22.8. The smallest absolute Gasteiger partial charge is 0.322 e. The number of nitrogens with two attached hydrogens (primary N) is 1. The Labute approximate surface area is 145 Å². The van der Waals surface area contributed by atoms with Crippen LogP contribution >= 0.6 is 0 Å². The zero-order chi connectivity index (χ0) is 19.7. The van der Waals surface area contributed by atoms with Crippen molar-refractivity contribution in [2.45, 2.75) is 45.0 Å². The first-order valence-electron chi connectivity index (χ1n) is 7.66. The molecule has 3 amide bonds. The van der Waals surface area contributed by atoms with Gasteiger partial charge in [-0.3, -0.25) is 19.2 Å². The van der Waals surface area contributed by atoms with Crippen molar-refractivity contribution < 1.29 is 34.5 Å². The molecule has 0 saturated heterocycles. The Morgan fingerprint density at radius 1 is 0.960 bits per heavy atom. The van der Waals surface area contributed by atoms with Crippen LogP contribution in [0.4, 0.5) is 0 Å². The van der Waals surface area contributed by atoms with Gasteiger partial charge in [0.05, 0.1) is 12.7 Å². The van der Waals surface area contributed by atoms with E-state index >= 15 is 0 Å². The molecule has 0 aliphatic heterocycles. The number of carbonyl (C=O) groups excluding carboxylic acids is 3. The first-order chi connectivity index (χ1) is 11.5. The van der Waals surface area contributed by atoms with Gasteiger partial charge in [-0.2, -0.15) is 0 Å². The third-order valence-corrected chi connectivity index (χ3v) is 3.26. The topological polar surface area (TPSA) is 191 Å². The van der Waals surface area contributed by atoms with Crippen molar-refractivity contribution in [2.75, 3.05) is 13.2 Å². The highest BCUT2D eigenvalue weighted by Crippen LogP contribution is 2.04. The summed E-state index contributed by atoms with van der Waals surface area (Å²) in [7, 11) is 0. The molecule has 0 aromatic rings. The monoisotopic (exact) mass is 362 g/mol. The Balaban J connectivity index is 5.06. The maximum absolute atomic E-state index is 12.4. The summed E-state index contributed by atoms with van der Waals surface area (Å²) < 4.78 is 0. The van der Waals surface area contributed by atoms with Crippen LogP contribution in [0.1, 0.15) is 20.8 Å². The fourth-order valence-electron chi connectivity index (χ4n) is 1.80. The molecule has 0 aliphatic rings. The molecule has 11 nitrogen and oxygen atoms in total. The van der Waals surface area contributed by atoms with Crippen LogP contribution < -0.4 is 21.7 Å². The average Bonchev–Trinajstić information content (AvgIpc) is 2.53. The molecule has 0 fully saturated rings. The zero-order valence-corrected chi connectivity index (χ0v) is 14.4. The summed E-state index contributed by atoms with van der Waals surface area (Å²) in [5.74, 6) is -4.06. The van der Waals surface area contributed by atoms with Gasteiger partial charge in [0.15, 0.2) is 0 Å². The van der Waals surface area contributed by atoms with Crippen molar-refractivity contribution in [1.82, 2.24) is 16.0 Å². The van der Waals surface area contributed by atoms with Gasteiger partial charge in [-0.15, -0.1) is 0 Å². The molecular formula is C14H26N4O7. The third kappa shape index (κ3) is 7.92. The highest BCUT2D eigenvalue weighted by molar-refractivity contribution is 5.94. The van der Waals surface area contributed by atoms with Crippen LogP contribution in [0.5, 0.6) is 0 Å². The number of aliphatic hydroxyl groups is 2. The van der Waals surface area contributed by atoms with Crippen LogP contribution in [0.2, 0.25) is 0 Å². The summed E-state index contributed by atoms with van der Waals surface area (Å²) in [5.41, 5.74) is 5.38. The number of carboxylic acid groups (broad SMARTS) is 1. The molecule has 0 bridgehead atoms. The third-order valence-electron chi connectivity index (χ3n) is 3.26. The van der Waals surface area contributed by atoms with E-state index in [1.54, 1.807) is 13.8 Å². The molecule has 8 N–H and O–H groups in total. The Bertz CT molecular complexity index is 496. The van der Waals surface area contributed by atoms with Gasteiger partial charge in [0, 0.05) is 0 Å². The predicted octanol–water partition coefficient (Wildman–Crippen LogP) is -3.49. The quantitative estimate of drug-likeness (QED) is 0.208. The molecule has 0 aromatic heterocycles. The van der Waals surface area contributed by atoms with Crippen LogP contribution in [0.15, 0.2) is 0 Å². The summed E-state index contributed by atoms with van der Waals surface area (Å²) in [6.07, 6.45) is -1.30. The molecule has 0 aliphatic carbocycles. The van der Waals surface area contributed by atoms with Crippen molar-refractivity contribution >= 4 is 23.7 Å². The molecule has 0 radical (unpaired) electrons. The number of nitrogens with one attached hydrogen (secondary N) is 3. The summed E-state index contributed by atoms with van der Waals surface area (Å²) >= 11 is 0. The van der Waals surface area contributed by atoms with E-state index in [0.29, 0.717) is 0 Å². The van der Waals surface area contributed by atoms with E-state index in [1.807, 2.05) is 0 Å². The minimum absolute atomic E-state index is 0.383.